The maximum absolute atomic E-state index is 12.8. The fourth-order valence-corrected chi connectivity index (χ4v) is 4.41. The van der Waals surface area contributed by atoms with Crippen LogP contribution in [0.2, 0.25) is 5.02 Å². The van der Waals surface area contributed by atoms with Crippen molar-refractivity contribution in [2.24, 2.45) is 0 Å². The van der Waals surface area contributed by atoms with E-state index in [4.69, 9.17) is 21.1 Å². The molecule has 2 rings (SSSR count). The Balaban J connectivity index is 2.04. The van der Waals surface area contributed by atoms with Gasteiger partial charge in [0.25, 0.3) is 0 Å². The minimum atomic E-state index is -3.84. The van der Waals surface area contributed by atoms with E-state index in [-0.39, 0.29) is 35.0 Å². The van der Waals surface area contributed by atoms with Crippen LogP contribution in [0.4, 0.5) is 0 Å². The fourth-order valence-electron chi connectivity index (χ4n) is 2.68. The lowest BCUT2D eigenvalue weighted by Gasteiger charge is -2.21. The van der Waals surface area contributed by atoms with Gasteiger partial charge in [0.05, 0.1) is 29.2 Å². The molecule has 146 valence electrons. The van der Waals surface area contributed by atoms with Crippen LogP contribution in [-0.2, 0) is 19.6 Å². The first-order valence-electron chi connectivity index (χ1n) is 8.69. The molecule has 1 saturated heterocycles. The molecular weight excluding hydrogens is 380 g/mol. The number of nitrogens with one attached hydrogen (secondary N) is 1. The van der Waals surface area contributed by atoms with Crippen molar-refractivity contribution >= 4 is 27.5 Å². The van der Waals surface area contributed by atoms with Crippen LogP contribution in [0.25, 0.3) is 0 Å². The maximum atomic E-state index is 12.8. The number of rotatable bonds is 9. The molecule has 0 spiro atoms. The molecule has 7 nitrogen and oxygen atoms in total. The van der Waals surface area contributed by atoms with E-state index in [0.717, 1.165) is 17.1 Å². The van der Waals surface area contributed by atoms with Crippen molar-refractivity contribution in [1.82, 2.24) is 9.62 Å². The Morgan fingerprint density at radius 1 is 1.42 bits per heavy atom. The Bertz CT molecular complexity index is 720. The van der Waals surface area contributed by atoms with E-state index >= 15 is 0 Å². The van der Waals surface area contributed by atoms with Crippen LogP contribution in [0.15, 0.2) is 23.1 Å². The third kappa shape index (κ3) is 5.33. The second kappa shape index (κ2) is 9.55. The van der Waals surface area contributed by atoms with Crippen LogP contribution < -0.4 is 10.1 Å². The van der Waals surface area contributed by atoms with E-state index < -0.39 is 10.0 Å². The maximum Gasteiger partial charge on any atom is 0.243 e. The standard InChI is InChI=1S/C17H25ClN2O5S/c1-3-20(12-17(21)19-11-13-6-5-9-25-13)26(22,23)14-7-8-16(24-4-2)15(18)10-14/h7-8,10,13H,3-6,9,11-12H2,1-2H3,(H,19,21). The Morgan fingerprint density at radius 2 is 2.19 bits per heavy atom. The topological polar surface area (TPSA) is 84.9 Å². The number of benzene rings is 1. The lowest BCUT2D eigenvalue weighted by Crippen LogP contribution is -2.42. The Morgan fingerprint density at radius 3 is 2.77 bits per heavy atom. The zero-order chi connectivity index (χ0) is 19.2. The van der Waals surface area contributed by atoms with E-state index in [1.165, 1.54) is 18.2 Å². The van der Waals surface area contributed by atoms with E-state index in [1.807, 2.05) is 6.92 Å². The first kappa shape index (κ1) is 21.0. The number of hydrogen-bond donors (Lipinski definition) is 1. The number of halogens is 1. The molecule has 0 aromatic heterocycles. The summed E-state index contributed by atoms with van der Waals surface area (Å²) in [5.74, 6) is 0.0634. The highest BCUT2D eigenvalue weighted by Crippen LogP contribution is 2.28. The number of carbonyl (C=O) groups excluding carboxylic acids is 1. The van der Waals surface area contributed by atoms with Crippen LogP contribution in [0.3, 0.4) is 0 Å². The number of hydrogen-bond acceptors (Lipinski definition) is 5. The summed E-state index contributed by atoms with van der Waals surface area (Å²) in [6.45, 7) is 4.94. The Hall–Kier alpha value is -1.35. The van der Waals surface area contributed by atoms with Crippen molar-refractivity contribution in [3.8, 4) is 5.75 Å². The number of nitrogens with zero attached hydrogens (tertiary/aromatic N) is 1. The number of ether oxygens (including phenoxy) is 2. The van der Waals surface area contributed by atoms with E-state index in [0.29, 0.717) is 25.5 Å². The summed E-state index contributed by atoms with van der Waals surface area (Å²) >= 11 is 6.09. The minimum Gasteiger partial charge on any atom is -0.492 e. The highest BCUT2D eigenvalue weighted by molar-refractivity contribution is 7.89. The molecule has 0 aliphatic carbocycles. The molecular formula is C17H25ClN2O5S. The van der Waals surface area contributed by atoms with Crippen LogP contribution in [-0.4, -0.2) is 57.6 Å². The molecule has 1 aromatic rings. The zero-order valence-electron chi connectivity index (χ0n) is 15.0. The number of sulfonamides is 1. The molecule has 1 aromatic carbocycles. The highest BCUT2D eigenvalue weighted by atomic mass is 35.5. The van der Waals surface area contributed by atoms with Gasteiger partial charge in [-0.3, -0.25) is 4.79 Å². The Kier molecular flexibility index (Phi) is 7.69. The third-order valence-electron chi connectivity index (χ3n) is 4.06. The van der Waals surface area contributed by atoms with Gasteiger partial charge in [-0.25, -0.2) is 8.42 Å². The summed E-state index contributed by atoms with van der Waals surface area (Å²) in [5.41, 5.74) is 0. The average Bonchev–Trinajstić information content (AvgIpc) is 3.13. The molecule has 9 heteroatoms. The summed E-state index contributed by atoms with van der Waals surface area (Å²) in [7, 11) is -3.84. The van der Waals surface area contributed by atoms with Gasteiger partial charge >= 0.3 is 0 Å². The molecule has 26 heavy (non-hydrogen) atoms. The van der Waals surface area contributed by atoms with Gasteiger partial charge < -0.3 is 14.8 Å². The largest absolute Gasteiger partial charge is 0.492 e. The molecule has 0 saturated carbocycles. The number of carbonyl (C=O) groups is 1. The summed E-state index contributed by atoms with van der Waals surface area (Å²) in [6, 6.07) is 4.29. The normalized spacial score (nSPS) is 17.5. The molecule has 1 unspecified atom stereocenters. The van der Waals surface area contributed by atoms with Gasteiger partial charge in [-0.1, -0.05) is 18.5 Å². The Labute approximate surface area is 159 Å². The predicted molar refractivity (Wildman–Crippen MR) is 99.0 cm³/mol. The van der Waals surface area contributed by atoms with Gasteiger partial charge in [0.1, 0.15) is 5.75 Å². The molecule has 1 aliphatic heterocycles. The van der Waals surface area contributed by atoms with Gasteiger partial charge in [0.15, 0.2) is 0 Å². The van der Waals surface area contributed by atoms with Gasteiger partial charge in [-0.05, 0) is 38.0 Å². The lowest BCUT2D eigenvalue weighted by molar-refractivity contribution is -0.121. The molecule has 1 aliphatic rings. The van der Waals surface area contributed by atoms with Crippen molar-refractivity contribution in [2.75, 3.05) is 32.8 Å². The second-order valence-electron chi connectivity index (χ2n) is 5.90. The molecule has 1 fully saturated rings. The molecule has 0 bridgehead atoms. The first-order valence-corrected chi connectivity index (χ1v) is 10.5. The van der Waals surface area contributed by atoms with Gasteiger partial charge in [-0.15, -0.1) is 0 Å². The van der Waals surface area contributed by atoms with Gasteiger partial charge in [0, 0.05) is 19.7 Å². The van der Waals surface area contributed by atoms with Crippen molar-refractivity contribution < 1.29 is 22.7 Å². The quantitative estimate of drug-likeness (QED) is 0.680. The van der Waals surface area contributed by atoms with Gasteiger partial charge in [-0.2, -0.15) is 4.31 Å². The van der Waals surface area contributed by atoms with E-state index in [2.05, 4.69) is 5.32 Å². The van der Waals surface area contributed by atoms with Crippen molar-refractivity contribution in [3.05, 3.63) is 23.2 Å². The predicted octanol–water partition coefficient (Wildman–Crippen LogP) is 2.04. The summed E-state index contributed by atoms with van der Waals surface area (Å²) in [5, 5.41) is 2.95. The van der Waals surface area contributed by atoms with Gasteiger partial charge in [0.2, 0.25) is 15.9 Å². The van der Waals surface area contributed by atoms with Crippen molar-refractivity contribution in [2.45, 2.75) is 37.7 Å². The van der Waals surface area contributed by atoms with E-state index in [1.54, 1.807) is 6.92 Å². The second-order valence-corrected chi connectivity index (χ2v) is 8.24. The molecule has 1 atom stereocenters. The molecule has 1 heterocycles. The summed E-state index contributed by atoms with van der Waals surface area (Å²) in [6.07, 6.45) is 1.89. The minimum absolute atomic E-state index is 0.00977. The van der Waals surface area contributed by atoms with E-state index in [9.17, 15) is 13.2 Å². The number of amides is 1. The van der Waals surface area contributed by atoms with Crippen molar-refractivity contribution in [3.63, 3.8) is 0 Å². The fraction of sp³-hybridized carbons (Fsp3) is 0.588. The van der Waals surface area contributed by atoms with Crippen LogP contribution in [0.5, 0.6) is 5.75 Å². The molecule has 1 N–H and O–H groups in total. The zero-order valence-corrected chi connectivity index (χ0v) is 16.6. The van der Waals surface area contributed by atoms with Crippen LogP contribution >= 0.6 is 11.6 Å². The van der Waals surface area contributed by atoms with Crippen molar-refractivity contribution in [1.29, 1.82) is 0 Å². The monoisotopic (exact) mass is 404 g/mol. The SMILES string of the molecule is CCOc1ccc(S(=O)(=O)N(CC)CC(=O)NCC2CCCO2)cc1Cl. The lowest BCUT2D eigenvalue weighted by atomic mass is 10.2. The molecule has 0 radical (unpaired) electrons. The average molecular weight is 405 g/mol. The smallest absolute Gasteiger partial charge is 0.243 e. The van der Waals surface area contributed by atoms with Crippen LogP contribution in [0.1, 0.15) is 26.7 Å². The highest BCUT2D eigenvalue weighted by Gasteiger charge is 2.26. The van der Waals surface area contributed by atoms with Crippen LogP contribution in [0, 0.1) is 0 Å². The third-order valence-corrected chi connectivity index (χ3v) is 6.28. The molecule has 1 amide bonds. The summed E-state index contributed by atoms with van der Waals surface area (Å²) in [4.78, 5) is 12.2. The summed E-state index contributed by atoms with van der Waals surface area (Å²) < 4.78 is 37.5. The first-order chi connectivity index (χ1) is 12.4. The number of likely N-dealkylation sites (N-methyl/N-ethyl adjacent to an activating group) is 1.